The lowest BCUT2D eigenvalue weighted by atomic mass is 9.90. The van der Waals surface area contributed by atoms with Gasteiger partial charge in [0.15, 0.2) is 0 Å². The van der Waals surface area contributed by atoms with Gasteiger partial charge in [0.25, 0.3) is 0 Å². The number of carbonyl (C=O) groups excluding carboxylic acids is 2. The van der Waals surface area contributed by atoms with Gasteiger partial charge in [0, 0.05) is 0 Å². The first-order valence-corrected chi connectivity index (χ1v) is 7.73. The monoisotopic (exact) mass is 296 g/mol. The third kappa shape index (κ3) is 3.37. The molecule has 2 heterocycles. The quantitative estimate of drug-likeness (QED) is 0.836. The normalized spacial score (nSPS) is 22.3. The van der Waals surface area contributed by atoms with Crippen LogP contribution in [-0.2, 0) is 9.53 Å². The maximum Gasteiger partial charge on any atom is 0.350 e. The second kappa shape index (κ2) is 6.85. The molecule has 1 aromatic heterocycles. The van der Waals surface area contributed by atoms with Crippen molar-refractivity contribution in [2.75, 3.05) is 19.0 Å². The van der Waals surface area contributed by atoms with E-state index in [9.17, 15) is 9.59 Å². The van der Waals surface area contributed by atoms with Crippen LogP contribution in [0.1, 0.15) is 35.9 Å². The van der Waals surface area contributed by atoms with Crippen molar-refractivity contribution in [3.63, 3.8) is 0 Å². The number of methoxy groups -OCH3 is 1. The van der Waals surface area contributed by atoms with Crippen molar-refractivity contribution in [2.45, 2.75) is 32.2 Å². The number of rotatable bonds is 4. The number of hydrogen-bond acceptors (Lipinski definition) is 5. The van der Waals surface area contributed by atoms with Crippen molar-refractivity contribution in [3.05, 3.63) is 16.3 Å². The second-order valence-corrected chi connectivity index (χ2v) is 5.87. The van der Waals surface area contributed by atoms with E-state index in [0.717, 1.165) is 25.8 Å². The Hall–Kier alpha value is -1.40. The number of nitrogens with one attached hydrogen (secondary N) is 2. The third-order valence-electron chi connectivity index (χ3n) is 3.70. The van der Waals surface area contributed by atoms with E-state index < -0.39 is 5.97 Å². The van der Waals surface area contributed by atoms with Crippen LogP contribution in [0.25, 0.3) is 0 Å². The zero-order valence-corrected chi connectivity index (χ0v) is 12.6. The van der Waals surface area contributed by atoms with Gasteiger partial charge in [-0.3, -0.25) is 4.79 Å². The van der Waals surface area contributed by atoms with Crippen LogP contribution >= 0.6 is 11.3 Å². The van der Waals surface area contributed by atoms with Crippen molar-refractivity contribution >= 4 is 28.9 Å². The molecule has 0 spiro atoms. The number of amides is 1. The maximum absolute atomic E-state index is 12.3. The highest BCUT2D eigenvalue weighted by Crippen LogP contribution is 2.25. The molecule has 2 N–H and O–H groups in total. The van der Waals surface area contributed by atoms with E-state index in [1.807, 2.05) is 0 Å². The average Bonchev–Trinajstić information content (AvgIpc) is 2.94. The van der Waals surface area contributed by atoms with Crippen molar-refractivity contribution < 1.29 is 14.3 Å². The maximum atomic E-state index is 12.3. The van der Waals surface area contributed by atoms with Gasteiger partial charge in [-0.1, -0.05) is 13.3 Å². The number of piperidine rings is 1. The van der Waals surface area contributed by atoms with Gasteiger partial charge in [-0.25, -0.2) is 4.79 Å². The van der Waals surface area contributed by atoms with Gasteiger partial charge in [0.05, 0.1) is 18.8 Å². The van der Waals surface area contributed by atoms with E-state index in [0.29, 0.717) is 16.5 Å². The minimum Gasteiger partial charge on any atom is -0.465 e. The summed E-state index contributed by atoms with van der Waals surface area (Å²) < 4.78 is 4.70. The van der Waals surface area contributed by atoms with Crippen LogP contribution < -0.4 is 10.6 Å². The van der Waals surface area contributed by atoms with Crippen LogP contribution in [0.2, 0.25) is 0 Å². The number of carbonyl (C=O) groups is 2. The van der Waals surface area contributed by atoms with Gasteiger partial charge in [-0.2, -0.15) is 0 Å². The van der Waals surface area contributed by atoms with Gasteiger partial charge in [0.2, 0.25) is 5.91 Å². The van der Waals surface area contributed by atoms with E-state index in [-0.39, 0.29) is 11.9 Å². The summed E-state index contributed by atoms with van der Waals surface area (Å²) in [5, 5.41) is 7.83. The molecule has 1 aliphatic heterocycles. The lowest BCUT2D eigenvalue weighted by molar-refractivity contribution is -0.119. The molecular formula is C14H20N2O3S. The summed E-state index contributed by atoms with van der Waals surface area (Å²) in [6.45, 7) is 3.02. The number of thiophene rings is 1. The molecule has 1 saturated heterocycles. The Kier molecular flexibility index (Phi) is 5.14. The molecule has 1 aromatic rings. The fourth-order valence-corrected chi connectivity index (χ4v) is 3.21. The van der Waals surface area contributed by atoms with Crippen LogP contribution in [0, 0.1) is 5.92 Å². The average molecular weight is 296 g/mol. The number of esters is 1. The molecule has 5 nitrogen and oxygen atoms in total. The molecule has 0 radical (unpaired) electrons. The van der Waals surface area contributed by atoms with Crippen molar-refractivity contribution in [1.82, 2.24) is 5.32 Å². The van der Waals surface area contributed by atoms with Gasteiger partial charge in [-0.05, 0) is 36.8 Å². The van der Waals surface area contributed by atoms with Crippen LogP contribution in [0.4, 0.5) is 5.69 Å². The molecule has 2 rings (SSSR count). The largest absolute Gasteiger partial charge is 0.465 e. The molecule has 1 aliphatic rings. The molecule has 1 fully saturated rings. The second-order valence-electron chi connectivity index (χ2n) is 4.95. The molecule has 110 valence electrons. The standard InChI is InChI=1S/C14H20N2O3S/c1-3-9-4-6-15-11(8-9)13(17)16-10-5-7-20-12(10)14(18)19-2/h5,7,9,11,15H,3-4,6,8H2,1-2H3,(H,16,17). The summed E-state index contributed by atoms with van der Waals surface area (Å²) in [4.78, 5) is 24.3. The number of hydrogen-bond donors (Lipinski definition) is 2. The fraction of sp³-hybridized carbons (Fsp3) is 0.571. The van der Waals surface area contributed by atoms with Gasteiger partial charge >= 0.3 is 5.97 Å². The van der Waals surface area contributed by atoms with Crippen LogP contribution in [0.15, 0.2) is 11.4 Å². The molecular weight excluding hydrogens is 276 g/mol. The number of ether oxygens (including phenoxy) is 1. The molecule has 0 aromatic carbocycles. The SMILES string of the molecule is CCC1CCNC(C(=O)Nc2ccsc2C(=O)OC)C1. The van der Waals surface area contributed by atoms with Crippen molar-refractivity contribution in [2.24, 2.45) is 5.92 Å². The van der Waals surface area contributed by atoms with Crippen LogP contribution in [0.3, 0.4) is 0 Å². The summed E-state index contributed by atoms with van der Waals surface area (Å²) in [5.74, 6) is 0.0968. The molecule has 20 heavy (non-hydrogen) atoms. The summed E-state index contributed by atoms with van der Waals surface area (Å²) in [5.41, 5.74) is 0.535. The minimum atomic E-state index is -0.418. The molecule has 1 amide bonds. The summed E-state index contributed by atoms with van der Waals surface area (Å²) >= 11 is 1.27. The summed E-state index contributed by atoms with van der Waals surface area (Å²) in [6, 6.07) is 1.55. The predicted octanol–water partition coefficient (Wildman–Crippen LogP) is 2.25. The van der Waals surface area contributed by atoms with E-state index >= 15 is 0 Å². The molecule has 0 aliphatic carbocycles. The fourth-order valence-electron chi connectivity index (χ4n) is 2.45. The third-order valence-corrected chi connectivity index (χ3v) is 4.59. The van der Waals surface area contributed by atoms with E-state index in [2.05, 4.69) is 17.6 Å². The number of anilines is 1. The Morgan fingerprint density at radius 3 is 3.05 bits per heavy atom. The summed E-state index contributed by atoms with van der Waals surface area (Å²) in [7, 11) is 1.34. The zero-order chi connectivity index (χ0) is 14.5. The Labute approximate surface area is 122 Å². The van der Waals surface area contributed by atoms with Crippen molar-refractivity contribution in [1.29, 1.82) is 0 Å². The Balaban J connectivity index is 2.01. The highest BCUT2D eigenvalue weighted by Gasteiger charge is 2.27. The smallest absolute Gasteiger partial charge is 0.350 e. The summed E-state index contributed by atoms with van der Waals surface area (Å²) in [6.07, 6.45) is 3.06. The molecule has 0 bridgehead atoms. The minimum absolute atomic E-state index is 0.0771. The van der Waals surface area contributed by atoms with Gasteiger partial charge < -0.3 is 15.4 Å². The van der Waals surface area contributed by atoms with Crippen molar-refractivity contribution in [3.8, 4) is 0 Å². The Bertz CT molecular complexity index is 487. The molecule has 2 atom stereocenters. The van der Waals surface area contributed by atoms with E-state index in [1.54, 1.807) is 11.4 Å². The van der Waals surface area contributed by atoms with Crippen LogP contribution in [-0.4, -0.2) is 31.6 Å². The topological polar surface area (TPSA) is 67.4 Å². The molecule has 0 saturated carbocycles. The Morgan fingerprint density at radius 2 is 2.35 bits per heavy atom. The first-order chi connectivity index (χ1) is 9.65. The zero-order valence-electron chi connectivity index (χ0n) is 11.8. The lowest BCUT2D eigenvalue weighted by Gasteiger charge is -2.28. The predicted molar refractivity (Wildman–Crippen MR) is 79.1 cm³/mol. The highest BCUT2D eigenvalue weighted by atomic mass is 32.1. The first-order valence-electron chi connectivity index (χ1n) is 6.85. The molecule has 2 unspecified atom stereocenters. The van der Waals surface area contributed by atoms with Crippen LogP contribution in [0.5, 0.6) is 0 Å². The molecule has 6 heteroatoms. The highest BCUT2D eigenvalue weighted by molar-refractivity contribution is 7.12. The van der Waals surface area contributed by atoms with Gasteiger partial charge in [0.1, 0.15) is 4.88 Å². The van der Waals surface area contributed by atoms with E-state index in [4.69, 9.17) is 4.74 Å². The van der Waals surface area contributed by atoms with E-state index in [1.165, 1.54) is 18.4 Å². The van der Waals surface area contributed by atoms with Gasteiger partial charge in [-0.15, -0.1) is 11.3 Å². The first kappa shape index (κ1) is 15.0. The Morgan fingerprint density at radius 1 is 1.55 bits per heavy atom. The lowest BCUT2D eigenvalue weighted by Crippen LogP contribution is -2.46.